The molecule has 1 unspecified atom stereocenters. The fraction of sp³-hybridized carbons (Fsp3) is 0.385. The van der Waals surface area contributed by atoms with Gasteiger partial charge in [0.05, 0.1) is 6.04 Å². The van der Waals surface area contributed by atoms with Crippen LogP contribution in [-0.4, -0.2) is 29.9 Å². The van der Waals surface area contributed by atoms with Crippen molar-refractivity contribution in [3.05, 3.63) is 34.3 Å². The minimum atomic E-state index is -0.907. The number of aryl methyl sites for hydroxylation is 1. The van der Waals surface area contributed by atoms with Crippen LogP contribution in [0.3, 0.4) is 0 Å². The maximum absolute atomic E-state index is 12.2. The fourth-order valence-electron chi connectivity index (χ4n) is 1.67. The summed E-state index contributed by atoms with van der Waals surface area (Å²) in [5.74, 6) is -1.02. The lowest BCUT2D eigenvalue weighted by molar-refractivity contribution is -0.137. The molecular formula is C13H16ClNO3. The third-order valence-electron chi connectivity index (χ3n) is 2.75. The summed E-state index contributed by atoms with van der Waals surface area (Å²) in [4.78, 5) is 22.7. The zero-order chi connectivity index (χ0) is 13.7. The van der Waals surface area contributed by atoms with Gasteiger partial charge in [0, 0.05) is 17.0 Å². The van der Waals surface area contributed by atoms with Crippen molar-refractivity contribution in [3.63, 3.8) is 0 Å². The second-order valence-electron chi connectivity index (χ2n) is 4.10. The molecule has 0 fully saturated rings. The third-order valence-corrected chi connectivity index (χ3v) is 3.18. The van der Waals surface area contributed by atoms with Gasteiger partial charge < -0.3 is 10.4 Å². The predicted octanol–water partition coefficient (Wildman–Crippen LogP) is 2.28. The van der Waals surface area contributed by atoms with Gasteiger partial charge in [0.1, 0.15) is 0 Å². The SMILES string of the molecule is CNC(CCC(=O)O)C(=O)c1ccc(Cl)c(C)c1. The van der Waals surface area contributed by atoms with Gasteiger partial charge in [-0.3, -0.25) is 9.59 Å². The van der Waals surface area contributed by atoms with Crippen molar-refractivity contribution in [2.24, 2.45) is 0 Å². The van der Waals surface area contributed by atoms with E-state index < -0.39 is 12.0 Å². The van der Waals surface area contributed by atoms with E-state index >= 15 is 0 Å². The molecule has 4 nitrogen and oxygen atoms in total. The summed E-state index contributed by atoms with van der Waals surface area (Å²) in [6, 6.07) is 4.56. The normalized spacial score (nSPS) is 12.2. The molecule has 0 aromatic heterocycles. The number of rotatable bonds is 6. The molecule has 0 saturated heterocycles. The molecule has 0 bridgehead atoms. The smallest absolute Gasteiger partial charge is 0.303 e. The lowest BCUT2D eigenvalue weighted by Crippen LogP contribution is -2.34. The Hall–Kier alpha value is -1.39. The van der Waals surface area contributed by atoms with Crippen LogP contribution in [0.5, 0.6) is 0 Å². The number of carboxylic acids is 1. The summed E-state index contributed by atoms with van der Waals surface area (Å²) in [5.41, 5.74) is 1.37. The van der Waals surface area contributed by atoms with Gasteiger partial charge >= 0.3 is 5.97 Å². The predicted molar refractivity (Wildman–Crippen MR) is 70.2 cm³/mol. The standard InChI is InChI=1S/C13H16ClNO3/c1-8-7-9(3-4-10(8)14)13(18)11(15-2)5-6-12(16)17/h3-4,7,11,15H,5-6H2,1-2H3,(H,16,17). The number of Topliss-reactive ketones (excluding diaryl/α,β-unsaturated/α-hetero) is 1. The molecule has 0 heterocycles. The Kier molecular flexibility index (Phi) is 5.31. The zero-order valence-electron chi connectivity index (χ0n) is 10.4. The molecule has 1 rings (SSSR count). The van der Waals surface area contributed by atoms with Crippen LogP contribution in [0.25, 0.3) is 0 Å². The Labute approximate surface area is 111 Å². The summed E-state index contributed by atoms with van der Waals surface area (Å²) in [7, 11) is 1.65. The number of carbonyl (C=O) groups excluding carboxylic acids is 1. The number of benzene rings is 1. The highest BCUT2D eigenvalue weighted by Crippen LogP contribution is 2.18. The molecule has 2 N–H and O–H groups in total. The summed E-state index contributed by atoms with van der Waals surface area (Å²) in [5, 5.41) is 12.1. The Morgan fingerprint density at radius 1 is 1.44 bits per heavy atom. The quantitative estimate of drug-likeness (QED) is 0.778. The molecule has 0 amide bonds. The molecule has 0 radical (unpaired) electrons. The van der Waals surface area contributed by atoms with Crippen molar-refractivity contribution < 1.29 is 14.7 Å². The van der Waals surface area contributed by atoms with E-state index in [0.29, 0.717) is 10.6 Å². The Morgan fingerprint density at radius 2 is 2.11 bits per heavy atom. The first-order valence-electron chi connectivity index (χ1n) is 5.65. The number of hydrogen-bond donors (Lipinski definition) is 2. The number of aliphatic carboxylic acids is 1. The van der Waals surface area contributed by atoms with Crippen molar-refractivity contribution in [2.75, 3.05) is 7.05 Å². The van der Waals surface area contributed by atoms with Crippen LogP contribution in [0.1, 0.15) is 28.8 Å². The first-order valence-corrected chi connectivity index (χ1v) is 6.03. The number of ketones is 1. The average Bonchev–Trinajstić information content (AvgIpc) is 2.32. The minimum Gasteiger partial charge on any atom is -0.481 e. The molecule has 1 atom stereocenters. The molecule has 1 aromatic rings. The molecular weight excluding hydrogens is 254 g/mol. The average molecular weight is 270 g/mol. The van der Waals surface area contributed by atoms with E-state index in [4.69, 9.17) is 16.7 Å². The lowest BCUT2D eigenvalue weighted by atomic mass is 9.99. The number of likely N-dealkylation sites (N-methyl/N-ethyl adjacent to an activating group) is 1. The van der Waals surface area contributed by atoms with Crippen LogP contribution >= 0.6 is 11.6 Å². The van der Waals surface area contributed by atoms with Gasteiger partial charge in [-0.15, -0.1) is 0 Å². The summed E-state index contributed by atoms with van der Waals surface area (Å²) < 4.78 is 0. The van der Waals surface area contributed by atoms with Crippen molar-refractivity contribution in [1.29, 1.82) is 0 Å². The molecule has 0 saturated carbocycles. The molecule has 1 aromatic carbocycles. The second-order valence-corrected chi connectivity index (χ2v) is 4.51. The van der Waals surface area contributed by atoms with Crippen molar-refractivity contribution in [3.8, 4) is 0 Å². The fourth-order valence-corrected chi connectivity index (χ4v) is 1.79. The van der Waals surface area contributed by atoms with E-state index in [1.54, 1.807) is 25.2 Å². The van der Waals surface area contributed by atoms with Gasteiger partial charge in [0.25, 0.3) is 0 Å². The van der Waals surface area contributed by atoms with Crippen molar-refractivity contribution in [2.45, 2.75) is 25.8 Å². The van der Waals surface area contributed by atoms with Gasteiger partial charge in [-0.25, -0.2) is 0 Å². The zero-order valence-corrected chi connectivity index (χ0v) is 11.1. The Balaban J connectivity index is 2.82. The first-order chi connectivity index (χ1) is 8.45. The summed E-state index contributed by atoms with van der Waals surface area (Å²) in [6.07, 6.45) is 0.232. The summed E-state index contributed by atoms with van der Waals surface area (Å²) in [6.45, 7) is 1.82. The number of halogens is 1. The van der Waals surface area contributed by atoms with Gasteiger partial charge in [0.15, 0.2) is 5.78 Å². The monoisotopic (exact) mass is 269 g/mol. The van der Waals surface area contributed by atoms with Crippen LogP contribution in [0, 0.1) is 6.92 Å². The largest absolute Gasteiger partial charge is 0.481 e. The number of carboxylic acid groups (broad SMARTS) is 1. The highest BCUT2D eigenvalue weighted by Gasteiger charge is 2.19. The van der Waals surface area contributed by atoms with Gasteiger partial charge in [-0.2, -0.15) is 0 Å². The van der Waals surface area contributed by atoms with Crippen molar-refractivity contribution >= 4 is 23.4 Å². The van der Waals surface area contributed by atoms with Crippen molar-refractivity contribution in [1.82, 2.24) is 5.32 Å². The van der Waals surface area contributed by atoms with Crippen LogP contribution in [-0.2, 0) is 4.79 Å². The van der Waals surface area contributed by atoms with Crippen LogP contribution in [0.15, 0.2) is 18.2 Å². The van der Waals surface area contributed by atoms with E-state index in [0.717, 1.165) is 5.56 Å². The van der Waals surface area contributed by atoms with Gasteiger partial charge in [-0.1, -0.05) is 11.6 Å². The lowest BCUT2D eigenvalue weighted by Gasteiger charge is -2.14. The van der Waals surface area contributed by atoms with E-state index in [-0.39, 0.29) is 18.6 Å². The molecule has 0 aliphatic rings. The third kappa shape index (κ3) is 3.82. The molecule has 0 aliphatic heterocycles. The number of carbonyl (C=O) groups is 2. The second kappa shape index (κ2) is 6.52. The minimum absolute atomic E-state index is 0.0379. The highest BCUT2D eigenvalue weighted by atomic mass is 35.5. The molecule has 0 aliphatic carbocycles. The Bertz CT molecular complexity index is 460. The van der Waals surface area contributed by atoms with E-state index in [1.165, 1.54) is 0 Å². The topological polar surface area (TPSA) is 66.4 Å². The van der Waals surface area contributed by atoms with Gasteiger partial charge in [0.2, 0.25) is 0 Å². The van der Waals surface area contributed by atoms with E-state index in [2.05, 4.69) is 5.32 Å². The Morgan fingerprint density at radius 3 is 2.61 bits per heavy atom. The molecule has 5 heteroatoms. The van der Waals surface area contributed by atoms with E-state index in [9.17, 15) is 9.59 Å². The van der Waals surface area contributed by atoms with Crippen LogP contribution < -0.4 is 5.32 Å². The summed E-state index contributed by atoms with van der Waals surface area (Å²) >= 11 is 5.90. The maximum Gasteiger partial charge on any atom is 0.303 e. The van der Waals surface area contributed by atoms with Gasteiger partial charge in [-0.05, 0) is 44.2 Å². The number of hydrogen-bond acceptors (Lipinski definition) is 3. The molecule has 18 heavy (non-hydrogen) atoms. The molecule has 0 spiro atoms. The molecule has 98 valence electrons. The van der Waals surface area contributed by atoms with Crippen LogP contribution in [0.4, 0.5) is 0 Å². The number of nitrogens with one attached hydrogen (secondary N) is 1. The highest BCUT2D eigenvalue weighted by molar-refractivity contribution is 6.31. The van der Waals surface area contributed by atoms with E-state index in [1.807, 2.05) is 6.92 Å². The first kappa shape index (κ1) is 14.7. The maximum atomic E-state index is 12.2. The van der Waals surface area contributed by atoms with Crippen LogP contribution in [0.2, 0.25) is 5.02 Å².